The predicted molar refractivity (Wildman–Crippen MR) is 127 cm³/mol. The van der Waals surface area contributed by atoms with Crippen LogP contribution < -0.4 is 21.1 Å². The molecule has 0 radical (unpaired) electrons. The van der Waals surface area contributed by atoms with Crippen molar-refractivity contribution in [2.24, 2.45) is 16.6 Å². The molecule has 4 rings (SSSR count). The fraction of sp³-hybridized carbons (Fsp3) is 0.348. The predicted octanol–water partition coefficient (Wildman–Crippen LogP) is 2.19. The molecule has 1 saturated carbocycles. The number of nitrogens with zero attached hydrogens (tertiary/aromatic N) is 3. The van der Waals surface area contributed by atoms with Crippen LogP contribution in [-0.4, -0.2) is 44.8 Å². The first kappa shape index (κ1) is 24.4. The molecule has 35 heavy (non-hydrogen) atoms. The van der Waals surface area contributed by atoms with Gasteiger partial charge in [-0.3, -0.25) is 14.6 Å². The van der Waals surface area contributed by atoms with E-state index < -0.39 is 39.8 Å². The Labute approximate surface area is 204 Å². The van der Waals surface area contributed by atoms with Crippen molar-refractivity contribution in [2.75, 3.05) is 12.4 Å². The van der Waals surface area contributed by atoms with Gasteiger partial charge in [0, 0.05) is 30.3 Å². The van der Waals surface area contributed by atoms with Gasteiger partial charge in [-0.2, -0.15) is 0 Å². The van der Waals surface area contributed by atoms with Gasteiger partial charge in [0.15, 0.2) is 22.9 Å². The molecule has 0 saturated heterocycles. The highest BCUT2D eigenvalue weighted by Crippen LogP contribution is 2.66. The zero-order valence-electron chi connectivity index (χ0n) is 19.1. The summed E-state index contributed by atoms with van der Waals surface area (Å²) in [6.45, 7) is 3.24. The van der Waals surface area contributed by atoms with Gasteiger partial charge in [-0.1, -0.05) is 17.7 Å². The normalized spacial score (nSPS) is 25.4. The van der Waals surface area contributed by atoms with Gasteiger partial charge in [-0.15, -0.1) is 6.42 Å². The first-order valence-corrected chi connectivity index (χ1v) is 11.4. The van der Waals surface area contributed by atoms with E-state index in [1.54, 1.807) is 13.8 Å². The lowest BCUT2D eigenvalue weighted by Crippen LogP contribution is -2.43. The van der Waals surface area contributed by atoms with Crippen molar-refractivity contribution in [3.63, 3.8) is 0 Å². The number of aromatic nitrogens is 2. The molecule has 1 fully saturated rings. The lowest BCUT2D eigenvalue weighted by molar-refractivity contribution is -0.121. The number of hydrogen-bond acceptors (Lipinski definition) is 8. The van der Waals surface area contributed by atoms with Gasteiger partial charge in [0.05, 0.1) is 17.9 Å². The van der Waals surface area contributed by atoms with Crippen LogP contribution >= 0.6 is 11.8 Å². The quantitative estimate of drug-likeness (QED) is 0.518. The first-order valence-electron chi connectivity index (χ1n) is 10.6. The first-order chi connectivity index (χ1) is 16.5. The maximum absolute atomic E-state index is 15.0. The molecule has 2 amide bonds. The summed E-state index contributed by atoms with van der Waals surface area (Å²) < 4.78 is 34.1. The number of nitrogens with two attached hydrogens (primary N) is 1. The van der Waals surface area contributed by atoms with Crippen molar-refractivity contribution in [2.45, 2.75) is 36.7 Å². The fourth-order valence-corrected chi connectivity index (χ4v) is 5.64. The Morgan fingerprint density at radius 1 is 1.34 bits per heavy atom. The Hall–Kier alpha value is -3.72. The fourth-order valence-electron chi connectivity index (χ4n) is 4.22. The van der Waals surface area contributed by atoms with Crippen LogP contribution in [-0.2, 0) is 10.3 Å². The van der Waals surface area contributed by atoms with Crippen LogP contribution in [0.25, 0.3) is 0 Å². The van der Waals surface area contributed by atoms with Crippen LogP contribution in [0.15, 0.2) is 29.5 Å². The number of anilines is 1. The summed E-state index contributed by atoms with van der Waals surface area (Å²) in [6, 6.07) is 2.14. The number of thioether (sulfide) groups is 1. The van der Waals surface area contributed by atoms with Crippen LogP contribution in [0.4, 0.5) is 14.5 Å². The van der Waals surface area contributed by atoms with Gasteiger partial charge in [-0.25, -0.2) is 18.7 Å². The smallest absolute Gasteiger partial charge is 0.275 e. The van der Waals surface area contributed by atoms with E-state index in [0.29, 0.717) is 6.42 Å². The van der Waals surface area contributed by atoms with Crippen LogP contribution in [0.1, 0.15) is 36.3 Å². The number of nitrogens with one attached hydrogen (secondary N) is 2. The van der Waals surface area contributed by atoms with Crippen molar-refractivity contribution in [3.8, 4) is 18.2 Å². The molecule has 1 aliphatic heterocycles. The van der Waals surface area contributed by atoms with Gasteiger partial charge in [0.2, 0.25) is 11.8 Å². The maximum atomic E-state index is 15.0. The molecule has 0 spiro atoms. The largest absolute Gasteiger partial charge is 0.460 e. The van der Waals surface area contributed by atoms with Crippen LogP contribution in [0.5, 0.6) is 5.88 Å². The molecule has 2 heterocycles. The van der Waals surface area contributed by atoms with Crippen LogP contribution in [0.2, 0.25) is 0 Å². The summed E-state index contributed by atoms with van der Waals surface area (Å²) in [5.41, 5.74) is 4.44. The number of terminal acetylenes is 1. The average Bonchev–Trinajstić information content (AvgIpc) is 3.57. The second kappa shape index (κ2) is 8.81. The molecule has 12 heteroatoms. The Kier molecular flexibility index (Phi) is 6.14. The highest BCUT2D eigenvalue weighted by molar-refractivity contribution is 8.15. The summed E-state index contributed by atoms with van der Waals surface area (Å²) in [5, 5.41) is 5.18. The number of benzene rings is 1. The van der Waals surface area contributed by atoms with E-state index in [-0.39, 0.29) is 33.9 Å². The zero-order valence-corrected chi connectivity index (χ0v) is 19.9. The van der Waals surface area contributed by atoms with Gasteiger partial charge in [-0.05, 0) is 26.3 Å². The summed E-state index contributed by atoms with van der Waals surface area (Å²) >= 11 is 1.11. The van der Waals surface area contributed by atoms with Crippen molar-refractivity contribution < 1.29 is 23.1 Å². The van der Waals surface area contributed by atoms with E-state index in [9.17, 15) is 14.0 Å². The molecule has 4 N–H and O–H groups in total. The van der Waals surface area contributed by atoms with E-state index in [1.165, 1.54) is 25.5 Å². The van der Waals surface area contributed by atoms with E-state index in [4.69, 9.17) is 16.9 Å². The number of fused-ring (bicyclic) bond motifs is 1. The monoisotopic (exact) mass is 500 g/mol. The molecule has 9 nitrogen and oxygen atoms in total. The van der Waals surface area contributed by atoms with Gasteiger partial charge >= 0.3 is 0 Å². The molecule has 4 atom stereocenters. The molecule has 1 aliphatic carbocycles. The third-order valence-corrected chi connectivity index (χ3v) is 7.35. The molecular formula is C23H22F2N6O3S. The lowest BCUT2D eigenvalue weighted by Gasteiger charge is -2.33. The number of rotatable bonds is 6. The zero-order chi connectivity index (χ0) is 25.5. The topological polar surface area (TPSA) is 132 Å². The van der Waals surface area contributed by atoms with Crippen LogP contribution in [0.3, 0.4) is 0 Å². The Bertz CT molecular complexity index is 1280. The van der Waals surface area contributed by atoms with E-state index >= 15 is 4.39 Å². The number of hydrogen-bond donors (Lipinski definition) is 3. The number of amidine groups is 1. The Balaban J connectivity index is 1.62. The maximum Gasteiger partial charge on any atom is 0.275 e. The lowest BCUT2D eigenvalue weighted by atomic mass is 9.85. The number of amides is 2. The average molecular weight is 501 g/mol. The Morgan fingerprint density at radius 3 is 2.71 bits per heavy atom. The number of ether oxygens (including phenoxy) is 1. The Morgan fingerprint density at radius 2 is 2.09 bits per heavy atom. The third kappa shape index (κ3) is 4.27. The van der Waals surface area contributed by atoms with Crippen molar-refractivity contribution in [3.05, 3.63) is 47.4 Å². The summed E-state index contributed by atoms with van der Waals surface area (Å²) in [6.07, 6.45) is 7.50. The minimum Gasteiger partial charge on any atom is -0.460 e. The molecule has 2 aliphatic rings. The van der Waals surface area contributed by atoms with Crippen molar-refractivity contribution in [1.82, 2.24) is 15.3 Å². The molecule has 0 bridgehead atoms. The van der Waals surface area contributed by atoms with Crippen LogP contribution in [0, 0.1) is 29.9 Å². The summed E-state index contributed by atoms with van der Waals surface area (Å²) in [4.78, 5) is 37.5. The van der Waals surface area contributed by atoms with Crippen molar-refractivity contribution >= 4 is 34.4 Å². The molecule has 182 valence electrons. The minimum atomic E-state index is -1.32. The number of aliphatic imine (C=N–C) groups is 1. The van der Waals surface area contributed by atoms with E-state index in [0.717, 1.165) is 17.8 Å². The summed E-state index contributed by atoms with van der Waals surface area (Å²) in [7, 11) is 1.50. The summed E-state index contributed by atoms with van der Waals surface area (Å²) in [5.74, 6) is -1.20. The molecule has 2 aromatic rings. The highest BCUT2D eigenvalue weighted by atomic mass is 32.2. The second-order valence-electron chi connectivity index (χ2n) is 8.37. The van der Waals surface area contributed by atoms with Gasteiger partial charge in [0.25, 0.3) is 5.91 Å². The third-order valence-electron chi connectivity index (χ3n) is 6.05. The molecular weight excluding hydrogens is 478 g/mol. The van der Waals surface area contributed by atoms with E-state index in [1.807, 2.05) is 0 Å². The number of carbonyl (C=O) groups is 2. The molecule has 1 aromatic carbocycles. The van der Waals surface area contributed by atoms with Gasteiger partial charge in [0.1, 0.15) is 10.4 Å². The van der Waals surface area contributed by atoms with Crippen molar-refractivity contribution in [1.29, 1.82) is 0 Å². The van der Waals surface area contributed by atoms with Gasteiger partial charge < -0.3 is 21.1 Å². The standard InChI is InChI=1S/C23H22F2N6O3S/c1-5-11(2)34-17-10-28-15(9-29-17)19(32)30-12-6-13(18(25)14(24)7-12)22(3)16-8-23(16,20(33)27-4)35-21(26)31-22/h1,6-7,9-11,16H,8H2,2-4H3,(H2,26,31)(H,27,33)(H,30,32)/t11-,16-,22+,23-/m0/s1. The van der Waals surface area contributed by atoms with E-state index in [2.05, 4.69) is 31.5 Å². The second-order valence-corrected chi connectivity index (χ2v) is 9.72. The number of carbonyl (C=O) groups excluding carboxylic acids is 2. The number of halogens is 2. The molecule has 1 aromatic heterocycles. The minimum absolute atomic E-state index is 0.0219. The highest BCUT2D eigenvalue weighted by Gasteiger charge is 2.70. The molecule has 0 unspecified atom stereocenters. The SMILES string of the molecule is C#C[C@H](C)Oc1cnc(C(=O)Nc2cc(F)c(F)c([C@@]3(C)N=C(N)S[C@@]4(C(=O)NC)C[C@H]43)c2)cn1.